The first-order chi connectivity index (χ1) is 8.41. The standard InChI is InChI=1S/C14H23N3O/c1-10(2)11(3)15-14(18)16-12-8-6-7-9-13(12)17(4)5/h6-11H,1-5H3,(H2,15,16,18)/t11-/m1/s1. The van der Waals surface area contributed by atoms with E-state index in [0.717, 1.165) is 11.4 Å². The number of para-hydroxylation sites is 2. The Balaban J connectivity index is 2.70. The lowest BCUT2D eigenvalue weighted by Gasteiger charge is -2.20. The number of amides is 2. The molecule has 18 heavy (non-hydrogen) atoms. The van der Waals surface area contributed by atoms with Crippen LogP contribution in [0, 0.1) is 5.92 Å². The molecule has 0 saturated carbocycles. The molecule has 1 atom stereocenters. The molecule has 0 spiro atoms. The minimum atomic E-state index is -0.162. The van der Waals surface area contributed by atoms with Gasteiger partial charge >= 0.3 is 6.03 Å². The zero-order chi connectivity index (χ0) is 13.7. The lowest BCUT2D eigenvalue weighted by Crippen LogP contribution is -2.39. The number of nitrogens with zero attached hydrogens (tertiary/aromatic N) is 1. The summed E-state index contributed by atoms with van der Waals surface area (Å²) in [5, 5.41) is 5.81. The number of carbonyl (C=O) groups excluding carboxylic acids is 1. The molecular formula is C14H23N3O. The first-order valence-corrected chi connectivity index (χ1v) is 6.25. The Labute approximate surface area is 109 Å². The summed E-state index contributed by atoms with van der Waals surface area (Å²) >= 11 is 0. The predicted molar refractivity (Wildman–Crippen MR) is 77.2 cm³/mol. The van der Waals surface area contributed by atoms with Gasteiger partial charge in [-0.25, -0.2) is 4.79 Å². The number of anilines is 2. The van der Waals surface area contributed by atoms with E-state index in [9.17, 15) is 4.79 Å². The molecule has 4 nitrogen and oxygen atoms in total. The fraction of sp³-hybridized carbons (Fsp3) is 0.500. The third-order valence-corrected chi connectivity index (χ3v) is 2.99. The van der Waals surface area contributed by atoms with E-state index >= 15 is 0 Å². The van der Waals surface area contributed by atoms with Gasteiger partial charge < -0.3 is 15.5 Å². The molecule has 0 aliphatic carbocycles. The number of rotatable bonds is 4. The maximum absolute atomic E-state index is 11.9. The van der Waals surface area contributed by atoms with Gasteiger partial charge in [-0.3, -0.25) is 0 Å². The Bertz CT molecular complexity index is 402. The van der Waals surface area contributed by atoms with Crippen LogP contribution in [0.4, 0.5) is 16.2 Å². The molecule has 4 heteroatoms. The zero-order valence-electron chi connectivity index (χ0n) is 11.8. The van der Waals surface area contributed by atoms with Gasteiger partial charge in [0.25, 0.3) is 0 Å². The Morgan fingerprint density at radius 1 is 1.17 bits per heavy atom. The molecule has 2 N–H and O–H groups in total. The van der Waals surface area contributed by atoms with Gasteiger partial charge in [0.2, 0.25) is 0 Å². The Morgan fingerprint density at radius 3 is 2.33 bits per heavy atom. The van der Waals surface area contributed by atoms with E-state index < -0.39 is 0 Å². The fourth-order valence-corrected chi connectivity index (χ4v) is 1.50. The van der Waals surface area contributed by atoms with Crippen LogP contribution in [0.1, 0.15) is 20.8 Å². The van der Waals surface area contributed by atoms with Crippen molar-refractivity contribution in [2.45, 2.75) is 26.8 Å². The van der Waals surface area contributed by atoms with Crippen LogP contribution in [0.15, 0.2) is 24.3 Å². The number of urea groups is 1. The van der Waals surface area contributed by atoms with Crippen molar-refractivity contribution in [3.05, 3.63) is 24.3 Å². The molecule has 1 aromatic rings. The van der Waals surface area contributed by atoms with Crippen molar-refractivity contribution in [3.8, 4) is 0 Å². The van der Waals surface area contributed by atoms with Gasteiger partial charge in [-0.15, -0.1) is 0 Å². The van der Waals surface area contributed by atoms with Gasteiger partial charge in [0.15, 0.2) is 0 Å². The van der Waals surface area contributed by atoms with Gasteiger partial charge in [0, 0.05) is 20.1 Å². The topological polar surface area (TPSA) is 44.4 Å². The average molecular weight is 249 g/mol. The van der Waals surface area contributed by atoms with Crippen LogP contribution in [0.3, 0.4) is 0 Å². The van der Waals surface area contributed by atoms with Crippen molar-refractivity contribution in [2.24, 2.45) is 5.92 Å². The third kappa shape index (κ3) is 3.95. The molecule has 0 saturated heterocycles. The highest BCUT2D eigenvalue weighted by Gasteiger charge is 2.12. The first kappa shape index (κ1) is 14.4. The first-order valence-electron chi connectivity index (χ1n) is 6.25. The normalized spacial score (nSPS) is 12.1. The molecule has 0 unspecified atom stereocenters. The van der Waals surface area contributed by atoms with Crippen LogP contribution in [-0.2, 0) is 0 Å². The molecule has 0 bridgehead atoms. The van der Waals surface area contributed by atoms with Crippen molar-refractivity contribution in [2.75, 3.05) is 24.3 Å². The summed E-state index contributed by atoms with van der Waals surface area (Å²) in [5.74, 6) is 0.417. The molecule has 1 rings (SSSR count). The van der Waals surface area contributed by atoms with Gasteiger partial charge in [0.05, 0.1) is 11.4 Å². The highest BCUT2D eigenvalue weighted by atomic mass is 16.2. The van der Waals surface area contributed by atoms with E-state index in [1.54, 1.807) is 0 Å². The second-order valence-electron chi connectivity index (χ2n) is 5.04. The van der Waals surface area contributed by atoms with Gasteiger partial charge in [-0.2, -0.15) is 0 Å². The largest absolute Gasteiger partial charge is 0.376 e. The lowest BCUT2D eigenvalue weighted by atomic mass is 10.1. The molecule has 0 aliphatic rings. The summed E-state index contributed by atoms with van der Waals surface area (Å²) in [6.45, 7) is 6.17. The molecular weight excluding hydrogens is 226 g/mol. The number of hydrogen-bond donors (Lipinski definition) is 2. The van der Waals surface area contributed by atoms with Crippen molar-refractivity contribution in [1.82, 2.24) is 5.32 Å². The van der Waals surface area contributed by atoms with Crippen LogP contribution >= 0.6 is 0 Å². The Kier molecular flexibility index (Phi) is 5.01. The molecule has 0 fully saturated rings. The average Bonchev–Trinajstić information content (AvgIpc) is 2.28. The summed E-state index contributed by atoms with van der Waals surface area (Å²) in [4.78, 5) is 13.8. The highest BCUT2D eigenvalue weighted by Crippen LogP contribution is 2.23. The highest BCUT2D eigenvalue weighted by molar-refractivity contribution is 5.93. The molecule has 1 aromatic carbocycles. The quantitative estimate of drug-likeness (QED) is 0.861. The smallest absolute Gasteiger partial charge is 0.319 e. The van der Waals surface area contributed by atoms with Crippen LogP contribution in [-0.4, -0.2) is 26.2 Å². The summed E-state index contributed by atoms with van der Waals surface area (Å²) in [6, 6.07) is 7.72. The Hall–Kier alpha value is -1.71. The van der Waals surface area contributed by atoms with E-state index in [2.05, 4.69) is 24.5 Å². The molecule has 2 amide bonds. The van der Waals surface area contributed by atoms with E-state index in [-0.39, 0.29) is 12.1 Å². The summed E-state index contributed by atoms with van der Waals surface area (Å²) in [5.41, 5.74) is 1.81. The van der Waals surface area contributed by atoms with Crippen molar-refractivity contribution in [3.63, 3.8) is 0 Å². The fourth-order valence-electron chi connectivity index (χ4n) is 1.50. The molecule has 0 heterocycles. The second-order valence-corrected chi connectivity index (χ2v) is 5.04. The van der Waals surface area contributed by atoms with Crippen molar-refractivity contribution in [1.29, 1.82) is 0 Å². The Morgan fingerprint density at radius 2 is 1.78 bits per heavy atom. The summed E-state index contributed by atoms with van der Waals surface area (Å²) in [6.07, 6.45) is 0. The number of nitrogens with one attached hydrogen (secondary N) is 2. The van der Waals surface area contributed by atoms with Crippen LogP contribution in [0.5, 0.6) is 0 Å². The number of carbonyl (C=O) groups is 1. The maximum atomic E-state index is 11.9. The maximum Gasteiger partial charge on any atom is 0.319 e. The van der Waals surface area contributed by atoms with Crippen LogP contribution < -0.4 is 15.5 Å². The minimum absolute atomic E-state index is 0.150. The van der Waals surface area contributed by atoms with E-state index in [0.29, 0.717) is 5.92 Å². The summed E-state index contributed by atoms with van der Waals surface area (Å²) < 4.78 is 0. The second kappa shape index (κ2) is 6.28. The number of benzene rings is 1. The van der Waals surface area contributed by atoms with Gasteiger partial charge in [0.1, 0.15) is 0 Å². The van der Waals surface area contributed by atoms with E-state index in [1.807, 2.05) is 50.2 Å². The van der Waals surface area contributed by atoms with E-state index in [1.165, 1.54) is 0 Å². The lowest BCUT2D eigenvalue weighted by molar-refractivity contribution is 0.246. The monoisotopic (exact) mass is 249 g/mol. The number of hydrogen-bond acceptors (Lipinski definition) is 2. The molecule has 0 aromatic heterocycles. The van der Waals surface area contributed by atoms with Gasteiger partial charge in [-0.1, -0.05) is 26.0 Å². The van der Waals surface area contributed by atoms with Crippen LogP contribution in [0.2, 0.25) is 0 Å². The molecule has 0 radical (unpaired) electrons. The van der Waals surface area contributed by atoms with E-state index in [4.69, 9.17) is 0 Å². The molecule has 100 valence electrons. The third-order valence-electron chi connectivity index (χ3n) is 2.99. The molecule has 0 aliphatic heterocycles. The SMILES string of the molecule is CC(C)[C@@H](C)NC(=O)Nc1ccccc1N(C)C. The van der Waals surface area contributed by atoms with Gasteiger partial charge in [-0.05, 0) is 25.0 Å². The summed E-state index contributed by atoms with van der Waals surface area (Å²) in [7, 11) is 3.91. The van der Waals surface area contributed by atoms with Crippen LogP contribution in [0.25, 0.3) is 0 Å². The minimum Gasteiger partial charge on any atom is -0.376 e. The van der Waals surface area contributed by atoms with Crippen molar-refractivity contribution < 1.29 is 4.79 Å². The predicted octanol–water partition coefficient (Wildman–Crippen LogP) is 2.92. The zero-order valence-corrected chi connectivity index (χ0v) is 11.8. The van der Waals surface area contributed by atoms with Crippen molar-refractivity contribution >= 4 is 17.4 Å².